The van der Waals surface area contributed by atoms with Gasteiger partial charge in [0.25, 0.3) is 0 Å². The lowest BCUT2D eigenvalue weighted by Gasteiger charge is -2.47. The second-order valence-corrected chi connectivity index (χ2v) is 9.29. The second-order valence-electron chi connectivity index (χ2n) is 9.29. The lowest BCUT2D eigenvalue weighted by molar-refractivity contribution is -0.00659. The number of hydrogen-bond donors (Lipinski definition) is 0. The van der Waals surface area contributed by atoms with Gasteiger partial charge in [-0.3, -0.25) is 4.90 Å². The van der Waals surface area contributed by atoms with Crippen LogP contribution >= 0.6 is 0 Å². The average Bonchev–Trinajstić information content (AvgIpc) is 3.17. The van der Waals surface area contributed by atoms with Crippen LogP contribution in [0.1, 0.15) is 50.7 Å². The zero-order valence-corrected chi connectivity index (χ0v) is 17.8. The predicted molar refractivity (Wildman–Crippen MR) is 116 cm³/mol. The van der Waals surface area contributed by atoms with Crippen LogP contribution in [0.25, 0.3) is 0 Å². The number of fused-ring (bicyclic) bond motifs is 1. The fourth-order valence-electron chi connectivity index (χ4n) is 4.88. The van der Waals surface area contributed by atoms with Gasteiger partial charge in [0.15, 0.2) is 0 Å². The molecule has 4 nitrogen and oxygen atoms in total. The number of carbonyl (C=O) groups is 1. The van der Waals surface area contributed by atoms with Gasteiger partial charge in [0.05, 0.1) is 0 Å². The van der Waals surface area contributed by atoms with Gasteiger partial charge < -0.3 is 9.64 Å². The van der Waals surface area contributed by atoms with Gasteiger partial charge in [-0.2, -0.15) is 0 Å². The van der Waals surface area contributed by atoms with E-state index in [1.54, 1.807) is 0 Å². The molecule has 2 aromatic rings. The summed E-state index contributed by atoms with van der Waals surface area (Å²) < 4.78 is 5.73. The Morgan fingerprint density at radius 3 is 2.10 bits per heavy atom. The molecule has 2 heterocycles. The Kier molecular flexibility index (Phi) is 5.64. The van der Waals surface area contributed by atoms with E-state index in [0.717, 1.165) is 19.5 Å². The van der Waals surface area contributed by atoms with E-state index in [1.165, 1.54) is 17.5 Å². The monoisotopic (exact) mass is 392 g/mol. The molecule has 2 aliphatic rings. The molecule has 2 aromatic carbocycles. The number of benzene rings is 2. The lowest BCUT2D eigenvalue weighted by Crippen LogP contribution is -2.60. The van der Waals surface area contributed by atoms with Crippen molar-refractivity contribution in [3.05, 3.63) is 71.8 Å². The van der Waals surface area contributed by atoms with Crippen LogP contribution < -0.4 is 0 Å². The number of rotatable bonds is 3. The van der Waals surface area contributed by atoms with E-state index in [0.29, 0.717) is 12.6 Å². The van der Waals surface area contributed by atoms with E-state index in [4.69, 9.17) is 4.74 Å². The van der Waals surface area contributed by atoms with E-state index < -0.39 is 5.60 Å². The summed E-state index contributed by atoms with van der Waals surface area (Å²) in [4.78, 5) is 17.5. The Labute approximate surface area is 174 Å². The van der Waals surface area contributed by atoms with Crippen molar-refractivity contribution in [2.24, 2.45) is 0 Å². The van der Waals surface area contributed by atoms with Crippen molar-refractivity contribution < 1.29 is 9.53 Å². The first-order chi connectivity index (χ1) is 13.9. The molecule has 1 unspecified atom stereocenters. The van der Waals surface area contributed by atoms with Gasteiger partial charge in [0.2, 0.25) is 0 Å². The maximum absolute atomic E-state index is 12.9. The Hall–Kier alpha value is -2.33. The third-order valence-corrected chi connectivity index (χ3v) is 6.04. The van der Waals surface area contributed by atoms with Crippen molar-refractivity contribution in [2.75, 3.05) is 19.6 Å². The third-order valence-electron chi connectivity index (χ3n) is 6.04. The highest BCUT2D eigenvalue weighted by Crippen LogP contribution is 2.37. The zero-order chi connectivity index (χ0) is 20.4. The Bertz CT molecular complexity index is 776. The number of amides is 1. The van der Waals surface area contributed by atoms with Crippen LogP contribution in [0.4, 0.5) is 4.79 Å². The maximum atomic E-state index is 12.9. The van der Waals surface area contributed by atoms with Gasteiger partial charge in [0.1, 0.15) is 5.60 Å². The Morgan fingerprint density at radius 2 is 1.55 bits per heavy atom. The van der Waals surface area contributed by atoms with Crippen molar-refractivity contribution in [3.8, 4) is 0 Å². The molecule has 2 saturated heterocycles. The molecule has 4 rings (SSSR count). The van der Waals surface area contributed by atoms with Gasteiger partial charge in [-0.1, -0.05) is 60.7 Å². The predicted octanol–water partition coefficient (Wildman–Crippen LogP) is 4.90. The first-order valence-electron chi connectivity index (χ1n) is 10.8. The summed E-state index contributed by atoms with van der Waals surface area (Å²) in [6.45, 7) is 8.37. The van der Waals surface area contributed by atoms with Crippen molar-refractivity contribution in [2.45, 2.75) is 57.2 Å². The molecule has 2 fully saturated rings. The van der Waals surface area contributed by atoms with E-state index in [9.17, 15) is 4.79 Å². The normalized spacial score (nSPS) is 22.6. The number of hydrogen-bond acceptors (Lipinski definition) is 3. The topological polar surface area (TPSA) is 32.8 Å². The molecule has 4 heteroatoms. The summed E-state index contributed by atoms with van der Waals surface area (Å²) >= 11 is 0. The highest BCUT2D eigenvalue weighted by molar-refractivity contribution is 5.68. The van der Waals surface area contributed by atoms with Crippen molar-refractivity contribution in [1.29, 1.82) is 0 Å². The molecule has 0 N–H and O–H groups in total. The summed E-state index contributed by atoms with van der Waals surface area (Å²) in [5.74, 6) is 0.225. The minimum Gasteiger partial charge on any atom is -0.444 e. The van der Waals surface area contributed by atoms with E-state index in [1.807, 2.05) is 25.7 Å². The number of piperazine rings is 1. The minimum atomic E-state index is -0.475. The molecule has 1 amide bonds. The van der Waals surface area contributed by atoms with Crippen molar-refractivity contribution in [3.63, 3.8) is 0 Å². The molecular weight excluding hydrogens is 360 g/mol. The molecule has 0 aromatic heterocycles. The standard InChI is InChI=1S/C25H32N2O2/c1-25(2,3)29-24(28)26-17-21-15-10-16-27(21)22(18-26)23(19-11-6-4-7-12-19)20-13-8-5-9-14-20/h4-9,11-14,21-23H,10,15-18H2,1-3H3/t21-,22?/m0/s1. The van der Waals surface area contributed by atoms with Gasteiger partial charge >= 0.3 is 6.09 Å². The summed E-state index contributed by atoms with van der Waals surface area (Å²) in [7, 11) is 0. The van der Waals surface area contributed by atoms with Gasteiger partial charge in [-0.15, -0.1) is 0 Å². The van der Waals surface area contributed by atoms with Crippen molar-refractivity contribution in [1.82, 2.24) is 9.80 Å². The molecule has 0 radical (unpaired) electrons. The minimum absolute atomic E-state index is 0.186. The van der Waals surface area contributed by atoms with Crippen LogP contribution in [0.3, 0.4) is 0 Å². The number of nitrogens with zero attached hydrogens (tertiary/aromatic N) is 2. The molecule has 0 aliphatic carbocycles. The van der Waals surface area contributed by atoms with Gasteiger partial charge in [-0.25, -0.2) is 4.79 Å². The highest BCUT2D eigenvalue weighted by Gasteiger charge is 2.43. The second kappa shape index (κ2) is 8.19. The van der Waals surface area contributed by atoms with Crippen LogP contribution in [-0.2, 0) is 4.74 Å². The average molecular weight is 393 g/mol. The molecule has 2 aliphatic heterocycles. The lowest BCUT2D eigenvalue weighted by atomic mass is 9.82. The van der Waals surface area contributed by atoms with Gasteiger partial charge in [0, 0.05) is 31.1 Å². The Morgan fingerprint density at radius 1 is 0.966 bits per heavy atom. The SMILES string of the molecule is CC(C)(C)OC(=O)N1CC(C(c2ccccc2)c2ccccc2)N2CCC[C@H]2C1. The van der Waals surface area contributed by atoms with Crippen LogP contribution in [0.2, 0.25) is 0 Å². The van der Waals surface area contributed by atoms with Gasteiger partial charge in [-0.05, 0) is 51.3 Å². The molecule has 0 bridgehead atoms. The van der Waals surface area contributed by atoms with E-state index >= 15 is 0 Å². The fourth-order valence-corrected chi connectivity index (χ4v) is 4.88. The quantitative estimate of drug-likeness (QED) is 0.745. The van der Waals surface area contributed by atoms with Crippen LogP contribution in [0.15, 0.2) is 60.7 Å². The summed E-state index contributed by atoms with van der Waals surface area (Å²) in [5, 5.41) is 0. The van der Waals surface area contributed by atoms with Crippen molar-refractivity contribution >= 4 is 6.09 Å². The molecule has 154 valence electrons. The van der Waals surface area contributed by atoms with Crippen LogP contribution in [-0.4, -0.2) is 53.2 Å². The molecule has 0 spiro atoms. The highest BCUT2D eigenvalue weighted by atomic mass is 16.6. The summed E-state index contributed by atoms with van der Waals surface area (Å²) in [6, 6.07) is 22.1. The fraction of sp³-hybridized carbons (Fsp3) is 0.480. The molecule has 0 saturated carbocycles. The third kappa shape index (κ3) is 4.48. The molecule has 2 atom stereocenters. The zero-order valence-electron chi connectivity index (χ0n) is 17.8. The first-order valence-corrected chi connectivity index (χ1v) is 10.8. The van der Waals surface area contributed by atoms with E-state index in [2.05, 4.69) is 65.6 Å². The first kappa shape index (κ1) is 20.0. The number of ether oxygens (including phenoxy) is 1. The largest absolute Gasteiger partial charge is 0.444 e. The number of carbonyl (C=O) groups excluding carboxylic acids is 1. The van der Waals surface area contributed by atoms with E-state index in [-0.39, 0.29) is 18.1 Å². The van der Waals surface area contributed by atoms with Crippen LogP contribution in [0.5, 0.6) is 0 Å². The molecular formula is C25H32N2O2. The maximum Gasteiger partial charge on any atom is 0.410 e. The summed E-state index contributed by atoms with van der Waals surface area (Å²) in [5.41, 5.74) is 2.14. The summed E-state index contributed by atoms with van der Waals surface area (Å²) in [6.07, 6.45) is 2.15. The van der Waals surface area contributed by atoms with Crippen LogP contribution in [0, 0.1) is 0 Å². The smallest absolute Gasteiger partial charge is 0.410 e. The Balaban J connectivity index is 1.69. The molecule has 29 heavy (non-hydrogen) atoms.